The summed E-state index contributed by atoms with van der Waals surface area (Å²) < 4.78 is 31.6. The third-order valence-corrected chi connectivity index (χ3v) is 5.53. The molecule has 0 fully saturated rings. The zero-order valence-corrected chi connectivity index (χ0v) is 18.3. The maximum absolute atomic E-state index is 11.8. The number of nitrogens with one attached hydrogen (secondary N) is 3. The normalized spacial score (nSPS) is 11.7. The topological polar surface area (TPSA) is 91.8 Å². The van der Waals surface area contributed by atoms with Crippen molar-refractivity contribution in [2.45, 2.75) is 25.8 Å². The van der Waals surface area contributed by atoms with E-state index in [4.69, 9.17) is 4.74 Å². The summed E-state index contributed by atoms with van der Waals surface area (Å²) in [6.07, 6.45) is 1.71. The van der Waals surface area contributed by atoms with Crippen LogP contribution in [0.3, 0.4) is 0 Å². The highest BCUT2D eigenvalue weighted by Crippen LogP contribution is 2.17. The van der Waals surface area contributed by atoms with E-state index in [1.54, 1.807) is 12.1 Å². The van der Waals surface area contributed by atoms with Gasteiger partial charge in [0, 0.05) is 18.7 Å². The lowest BCUT2D eigenvalue weighted by molar-refractivity contribution is 0.358. The van der Waals surface area contributed by atoms with E-state index in [0.717, 1.165) is 29.0 Å². The minimum Gasteiger partial charge on any atom is -0.489 e. The number of guanidine groups is 1. The number of ether oxygens (including phenoxy) is 1. The van der Waals surface area contributed by atoms with Crippen LogP contribution in [0.1, 0.15) is 23.6 Å². The molecule has 0 saturated heterocycles. The van der Waals surface area contributed by atoms with Gasteiger partial charge in [-0.3, -0.25) is 0 Å². The Morgan fingerprint density at radius 2 is 1.90 bits per heavy atom. The number of rotatable bonds is 11. The highest BCUT2D eigenvalue weighted by Gasteiger charge is 2.09. The molecule has 8 heteroatoms. The second-order valence-corrected chi connectivity index (χ2v) is 8.47. The first kappa shape index (κ1) is 23.4. The van der Waals surface area contributed by atoms with Crippen molar-refractivity contribution < 1.29 is 13.2 Å². The molecule has 0 atom stereocenters. The Hall–Kier alpha value is -2.84. The minimum absolute atomic E-state index is 0.0547. The number of nitrogens with zero attached hydrogens (tertiary/aromatic N) is 1. The van der Waals surface area contributed by atoms with Gasteiger partial charge in [-0.1, -0.05) is 55.1 Å². The van der Waals surface area contributed by atoms with Crippen LogP contribution in [0, 0.1) is 0 Å². The van der Waals surface area contributed by atoms with Crippen LogP contribution in [0.4, 0.5) is 0 Å². The predicted octanol–water partition coefficient (Wildman–Crippen LogP) is 2.56. The predicted molar refractivity (Wildman–Crippen MR) is 122 cm³/mol. The first-order valence-corrected chi connectivity index (χ1v) is 11.5. The molecule has 7 nitrogen and oxygen atoms in total. The standard InChI is InChI=1S/C22H30N4O3S/c1-4-13-29-21-12-7-6-11-20(21)16-26-22(24-5-2)25-15-18-9-8-10-19(14-18)17-30(27,28)23-3/h4,6-12,14,23H,1,5,13,15-17H2,2-3H3,(H2,24,25,26). The fourth-order valence-electron chi connectivity index (χ4n) is 2.74. The van der Waals surface area contributed by atoms with E-state index in [2.05, 4.69) is 26.9 Å². The van der Waals surface area contributed by atoms with Crippen molar-refractivity contribution in [3.05, 3.63) is 77.9 Å². The van der Waals surface area contributed by atoms with Crippen LogP contribution in [0.5, 0.6) is 5.75 Å². The van der Waals surface area contributed by atoms with Gasteiger partial charge in [0.2, 0.25) is 10.0 Å². The van der Waals surface area contributed by atoms with E-state index < -0.39 is 10.0 Å². The van der Waals surface area contributed by atoms with Crippen molar-refractivity contribution in [2.24, 2.45) is 4.99 Å². The molecule has 0 radical (unpaired) electrons. The quantitative estimate of drug-likeness (QED) is 0.290. The second kappa shape index (κ2) is 12.0. The average Bonchev–Trinajstić information content (AvgIpc) is 2.74. The summed E-state index contributed by atoms with van der Waals surface area (Å²) in [5, 5.41) is 6.54. The highest BCUT2D eigenvalue weighted by atomic mass is 32.2. The fourth-order valence-corrected chi connectivity index (χ4v) is 3.50. The molecular weight excluding hydrogens is 400 g/mol. The molecule has 0 aromatic heterocycles. The van der Waals surface area contributed by atoms with Gasteiger partial charge in [-0.2, -0.15) is 0 Å². The smallest absolute Gasteiger partial charge is 0.215 e. The van der Waals surface area contributed by atoms with E-state index in [1.807, 2.05) is 49.4 Å². The number of hydrogen-bond donors (Lipinski definition) is 3. The van der Waals surface area contributed by atoms with Crippen molar-refractivity contribution in [3.63, 3.8) is 0 Å². The van der Waals surface area contributed by atoms with Crippen LogP contribution in [-0.4, -0.2) is 34.6 Å². The lowest BCUT2D eigenvalue weighted by Gasteiger charge is -2.14. The Bertz CT molecular complexity index is 958. The van der Waals surface area contributed by atoms with Crippen molar-refractivity contribution in [1.82, 2.24) is 15.4 Å². The van der Waals surface area contributed by atoms with Gasteiger partial charge in [0.15, 0.2) is 5.96 Å². The Labute approximate surface area is 179 Å². The fraction of sp³-hybridized carbons (Fsp3) is 0.318. The van der Waals surface area contributed by atoms with Gasteiger partial charge in [-0.25, -0.2) is 18.1 Å². The van der Waals surface area contributed by atoms with E-state index in [0.29, 0.717) is 25.7 Å². The van der Waals surface area contributed by atoms with Crippen molar-refractivity contribution >= 4 is 16.0 Å². The summed E-state index contributed by atoms with van der Waals surface area (Å²) in [5.41, 5.74) is 2.68. The monoisotopic (exact) mass is 430 g/mol. The van der Waals surface area contributed by atoms with Gasteiger partial charge < -0.3 is 15.4 Å². The molecule has 0 aliphatic carbocycles. The maximum Gasteiger partial charge on any atom is 0.215 e. The van der Waals surface area contributed by atoms with Gasteiger partial charge in [0.1, 0.15) is 12.4 Å². The average molecular weight is 431 g/mol. The van der Waals surface area contributed by atoms with Gasteiger partial charge >= 0.3 is 0 Å². The van der Waals surface area contributed by atoms with Crippen LogP contribution in [0.2, 0.25) is 0 Å². The number of benzene rings is 2. The van der Waals surface area contributed by atoms with Crippen LogP contribution in [-0.2, 0) is 28.9 Å². The lowest BCUT2D eigenvalue weighted by Crippen LogP contribution is -2.36. The second-order valence-electron chi connectivity index (χ2n) is 6.54. The van der Waals surface area contributed by atoms with Crippen molar-refractivity contribution in [3.8, 4) is 5.75 Å². The summed E-state index contributed by atoms with van der Waals surface area (Å²) in [4.78, 5) is 4.62. The van der Waals surface area contributed by atoms with E-state index >= 15 is 0 Å². The minimum atomic E-state index is -3.31. The number of sulfonamides is 1. The molecule has 30 heavy (non-hydrogen) atoms. The first-order valence-electron chi connectivity index (χ1n) is 9.80. The molecule has 0 amide bonds. The summed E-state index contributed by atoms with van der Waals surface area (Å²) in [6, 6.07) is 15.3. The Balaban J connectivity index is 2.06. The van der Waals surface area contributed by atoms with Crippen LogP contribution < -0.4 is 20.1 Å². The largest absolute Gasteiger partial charge is 0.489 e. The van der Waals surface area contributed by atoms with Crippen LogP contribution in [0.15, 0.2) is 66.2 Å². The third kappa shape index (κ3) is 7.88. The summed E-state index contributed by atoms with van der Waals surface area (Å²) >= 11 is 0. The summed E-state index contributed by atoms with van der Waals surface area (Å²) in [6.45, 7) is 7.84. The van der Waals surface area contributed by atoms with E-state index in [-0.39, 0.29) is 5.75 Å². The van der Waals surface area contributed by atoms with Crippen molar-refractivity contribution in [1.29, 1.82) is 0 Å². The molecule has 0 bridgehead atoms. The van der Waals surface area contributed by atoms with E-state index in [1.165, 1.54) is 7.05 Å². The molecule has 162 valence electrons. The van der Waals surface area contributed by atoms with Crippen LogP contribution in [0.25, 0.3) is 0 Å². The van der Waals surface area contributed by atoms with Crippen LogP contribution >= 0.6 is 0 Å². The van der Waals surface area contributed by atoms with Gasteiger partial charge in [0.25, 0.3) is 0 Å². The number of aliphatic imine (C=N–C) groups is 1. The summed E-state index contributed by atoms with van der Waals surface area (Å²) in [5.74, 6) is 1.42. The molecule has 0 aliphatic rings. The highest BCUT2D eigenvalue weighted by molar-refractivity contribution is 7.88. The molecule has 2 rings (SSSR count). The van der Waals surface area contributed by atoms with Gasteiger partial charge in [-0.05, 0) is 31.2 Å². The summed E-state index contributed by atoms with van der Waals surface area (Å²) in [7, 11) is -1.89. The first-order chi connectivity index (χ1) is 14.5. The van der Waals surface area contributed by atoms with Gasteiger partial charge in [0.05, 0.1) is 12.3 Å². The molecule has 0 aliphatic heterocycles. The molecule has 3 N–H and O–H groups in total. The molecule has 0 unspecified atom stereocenters. The van der Waals surface area contributed by atoms with E-state index in [9.17, 15) is 8.42 Å². The van der Waals surface area contributed by atoms with Crippen molar-refractivity contribution in [2.75, 3.05) is 20.2 Å². The number of hydrogen-bond acceptors (Lipinski definition) is 4. The molecule has 2 aromatic carbocycles. The van der Waals surface area contributed by atoms with Gasteiger partial charge in [-0.15, -0.1) is 0 Å². The Morgan fingerprint density at radius 1 is 1.13 bits per heavy atom. The maximum atomic E-state index is 11.8. The Kier molecular flexibility index (Phi) is 9.37. The zero-order valence-electron chi connectivity index (χ0n) is 17.5. The number of para-hydroxylation sites is 1. The molecule has 2 aromatic rings. The SMILES string of the molecule is C=CCOc1ccccc1CNC(=NCc1cccc(CS(=O)(=O)NC)c1)NCC. The molecular formula is C22H30N4O3S. The molecule has 0 spiro atoms. The lowest BCUT2D eigenvalue weighted by atomic mass is 10.1. The molecule has 0 saturated carbocycles. The zero-order chi connectivity index (χ0) is 21.8. The third-order valence-electron chi connectivity index (χ3n) is 4.20. The Morgan fingerprint density at radius 3 is 2.63 bits per heavy atom. The molecule has 0 heterocycles.